The highest BCUT2D eigenvalue weighted by atomic mass is 15.0. The van der Waals surface area contributed by atoms with Crippen LogP contribution in [0.25, 0.3) is 0 Å². The van der Waals surface area contributed by atoms with Crippen molar-refractivity contribution in [3.63, 3.8) is 0 Å². The maximum atomic E-state index is 3.54. The topological polar surface area (TPSA) is 24.1 Å². The Morgan fingerprint density at radius 1 is 0.895 bits per heavy atom. The number of para-hydroxylation sites is 3. The van der Waals surface area contributed by atoms with E-state index in [0.29, 0.717) is 0 Å². The van der Waals surface area contributed by atoms with Gasteiger partial charge in [0.1, 0.15) is 0 Å². The third kappa shape index (κ3) is 2.34. The molecule has 3 rings (SSSR count). The van der Waals surface area contributed by atoms with Crippen LogP contribution in [-0.2, 0) is 6.42 Å². The summed E-state index contributed by atoms with van der Waals surface area (Å²) in [5, 5.41) is 7.03. The smallest absolute Gasteiger partial charge is 0.0659 e. The van der Waals surface area contributed by atoms with Crippen LogP contribution in [0.5, 0.6) is 0 Å². The fourth-order valence-corrected chi connectivity index (χ4v) is 2.32. The first-order chi connectivity index (χ1) is 9.24. The van der Waals surface area contributed by atoms with E-state index in [1.807, 2.05) is 6.07 Å². The second-order valence-corrected chi connectivity index (χ2v) is 5.12. The number of hydrogen-bond donors (Lipinski definition) is 2. The molecule has 0 saturated heterocycles. The zero-order valence-corrected chi connectivity index (χ0v) is 11.3. The molecule has 0 spiro atoms. The maximum Gasteiger partial charge on any atom is 0.0659 e. The molecule has 2 nitrogen and oxygen atoms in total. The number of fused-ring (bicyclic) bond motifs is 2. The molecule has 0 unspecified atom stereocenters. The number of hydrogen-bond acceptors (Lipinski definition) is 2. The third-order valence-corrected chi connectivity index (χ3v) is 3.34. The maximum absolute atomic E-state index is 3.54. The van der Waals surface area contributed by atoms with Gasteiger partial charge in [-0.25, -0.2) is 0 Å². The van der Waals surface area contributed by atoms with Crippen LogP contribution in [-0.4, -0.2) is 0 Å². The Labute approximate surface area is 114 Å². The van der Waals surface area contributed by atoms with Gasteiger partial charge in [-0.1, -0.05) is 35.9 Å². The summed E-state index contributed by atoms with van der Waals surface area (Å²) in [5.41, 5.74) is 7.29. The van der Waals surface area contributed by atoms with Gasteiger partial charge in [0.25, 0.3) is 0 Å². The minimum Gasteiger partial charge on any atom is -0.352 e. The Kier molecular flexibility index (Phi) is 3.00. The van der Waals surface area contributed by atoms with E-state index >= 15 is 0 Å². The summed E-state index contributed by atoms with van der Waals surface area (Å²) in [6, 6.07) is 14.7. The van der Waals surface area contributed by atoms with Crippen LogP contribution >= 0.6 is 0 Å². The lowest BCUT2D eigenvalue weighted by atomic mass is 10.0. The normalized spacial score (nSPS) is 11.7. The third-order valence-electron chi connectivity index (χ3n) is 3.34. The van der Waals surface area contributed by atoms with E-state index in [1.54, 1.807) is 0 Å². The summed E-state index contributed by atoms with van der Waals surface area (Å²) >= 11 is 0. The molecule has 0 bridgehead atoms. The van der Waals surface area contributed by atoms with E-state index in [-0.39, 0.29) is 0 Å². The number of nitrogens with one attached hydrogen (secondary N) is 2. The van der Waals surface area contributed by atoms with Crippen molar-refractivity contribution in [3.05, 3.63) is 59.7 Å². The van der Waals surface area contributed by atoms with E-state index in [2.05, 4.69) is 67.0 Å². The molecule has 2 aromatic carbocycles. The highest BCUT2D eigenvalue weighted by Gasteiger charge is 2.15. The fourth-order valence-electron chi connectivity index (χ4n) is 2.32. The first kappa shape index (κ1) is 11.8. The predicted octanol–water partition coefficient (Wildman–Crippen LogP) is 5.00. The first-order valence-electron chi connectivity index (χ1n) is 6.62. The Bertz CT molecular complexity index is 637. The summed E-state index contributed by atoms with van der Waals surface area (Å²) < 4.78 is 0. The monoisotopic (exact) mass is 250 g/mol. The Morgan fingerprint density at radius 2 is 1.58 bits per heavy atom. The Balaban J connectivity index is 1.99. The van der Waals surface area contributed by atoms with Crippen molar-refractivity contribution in [2.45, 2.75) is 20.3 Å². The summed E-state index contributed by atoms with van der Waals surface area (Å²) in [5.74, 6) is 0. The van der Waals surface area contributed by atoms with Crippen molar-refractivity contribution in [2.75, 3.05) is 10.6 Å². The minimum atomic E-state index is 0.961. The number of anilines is 4. The predicted molar refractivity (Wildman–Crippen MR) is 82.6 cm³/mol. The zero-order chi connectivity index (χ0) is 13.2. The lowest BCUT2D eigenvalue weighted by molar-refractivity contribution is 1.21. The van der Waals surface area contributed by atoms with E-state index < -0.39 is 0 Å². The molecule has 0 saturated carbocycles. The van der Waals surface area contributed by atoms with Crippen molar-refractivity contribution in [2.24, 2.45) is 0 Å². The SMILES string of the molecule is CC(C)=CCc1cccc2c1Nc1ccccc1N2. The van der Waals surface area contributed by atoms with Gasteiger partial charge in [0.2, 0.25) is 0 Å². The number of rotatable bonds is 2. The summed E-state index contributed by atoms with van der Waals surface area (Å²) in [6.45, 7) is 4.27. The fraction of sp³-hybridized carbons (Fsp3) is 0.176. The van der Waals surface area contributed by atoms with Crippen molar-refractivity contribution in [1.82, 2.24) is 0 Å². The van der Waals surface area contributed by atoms with Crippen molar-refractivity contribution in [1.29, 1.82) is 0 Å². The Morgan fingerprint density at radius 3 is 2.32 bits per heavy atom. The molecule has 1 aliphatic rings. The lowest BCUT2D eigenvalue weighted by Gasteiger charge is -2.25. The summed E-state index contributed by atoms with van der Waals surface area (Å²) in [6.07, 6.45) is 3.22. The van der Waals surface area contributed by atoms with Crippen LogP contribution in [0, 0.1) is 0 Å². The summed E-state index contributed by atoms with van der Waals surface area (Å²) in [4.78, 5) is 0. The average molecular weight is 250 g/mol. The van der Waals surface area contributed by atoms with Gasteiger partial charge in [0.15, 0.2) is 0 Å². The molecule has 0 fully saturated rings. The van der Waals surface area contributed by atoms with Crippen LogP contribution in [0.3, 0.4) is 0 Å². The molecule has 2 N–H and O–H groups in total. The van der Waals surface area contributed by atoms with Gasteiger partial charge in [-0.2, -0.15) is 0 Å². The Hall–Kier alpha value is -2.22. The van der Waals surface area contributed by atoms with Crippen LogP contribution in [0.4, 0.5) is 22.7 Å². The quantitative estimate of drug-likeness (QED) is 0.626. The van der Waals surface area contributed by atoms with Gasteiger partial charge >= 0.3 is 0 Å². The molecule has 1 aliphatic heterocycles. The number of benzene rings is 2. The number of allylic oxidation sites excluding steroid dienone is 2. The molecule has 0 aliphatic carbocycles. The van der Waals surface area contributed by atoms with Gasteiger partial charge in [-0.05, 0) is 44.0 Å². The van der Waals surface area contributed by atoms with Crippen LogP contribution in [0.2, 0.25) is 0 Å². The lowest BCUT2D eigenvalue weighted by Crippen LogP contribution is -2.08. The van der Waals surface area contributed by atoms with Gasteiger partial charge in [0.05, 0.1) is 22.7 Å². The first-order valence-corrected chi connectivity index (χ1v) is 6.62. The van der Waals surface area contributed by atoms with Crippen LogP contribution in [0.1, 0.15) is 19.4 Å². The molecule has 0 atom stereocenters. The molecule has 0 amide bonds. The molecule has 1 heterocycles. The second-order valence-electron chi connectivity index (χ2n) is 5.12. The van der Waals surface area contributed by atoms with Gasteiger partial charge < -0.3 is 10.6 Å². The van der Waals surface area contributed by atoms with Crippen molar-refractivity contribution >= 4 is 22.7 Å². The molecular weight excluding hydrogens is 232 g/mol. The molecule has 19 heavy (non-hydrogen) atoms. The van der Waals surface area contributed by atoms with E-state index in [0.717, 1.165) is 23.5 Å². The van der Waals surface area contributed by atoms with E-state index in [9.17, 15) is 0 Å². The molecule has 0 radical (unpaired) electrons. The average Bonchev–Trinajstić information content (AvgIpc) is 2.42. The van der Waals surface area contributed by atoms with Crippen molar-refractivity contribution < 1.29 is 0 Å². The highest BCUT2D eigenvalue weighted by molar-refractivity contribution is 5.91. The van der Waals surface area contributed by atoms with Gasteiger partial charge in [-0.15, -0.1) is 0 Å². The molecule has 2 aromatic rings. The van der Waals surface area contributed by atoms with Crippen LogP contribution < -0.4 is 10.6 Å². The van der Waals surface area contributed by atoms with Gasteiger partial charge in [0, 0.05) is 0 Å². The highest BCUT2D eigenvalue weighted by Crippen LogP contribution is 2.40. The molecule has 96 valence electrons. The van der Waals surface area contributed by atoms with Crippen LogP contribution in [0.15, 0.2) is 54.1 Å². The molecular formula is C17H18N2. The second kappa shape index (κ2) is 4.81. The molecule has 2 heteroatoms. The van der Waals surface area contributed by atoms with Gasteiger partial charge in [-0.3, -0.25) is 0 Å². The molecule has 0 aromatic heterocycles. The zero-order valence-electron chi connectivity index (χ0n) is 11.3. The standard InChI is InChI=1S/C17H18N2/c1-12(2)10-11-13-6-5-9-16-17(13)19-15-8-4-3-7-14(15)18-16/h3-10,18-19H,11H2,1-2H3. The minimum absolute atomic E-state index is 0.961. The summed E-state index contributed by atoms with van der Waals surface area (Å²) in [7, 11) is 0. The largest absolute Gasteiger partial charge is 0.352 e. The van der Waals surface area contributed by atoms with E-state index in [4.69, 9.17) is 0 Å². The van der Waals surface area contributed by atoms with E-state index in [1.165, 1.54) is 16.8 Å². The van der Waals surface area contributed by atoms with Crippen molar-refractivity contribution in [3.8, 4) is 0 Å².